The van der Waals surface area contributed by atoms with Gasteiger partial charge in [0.1, 0.15) is 0 Å². The Labute approximate surface area is 182 Å². The number of para-hydroxylation sites is 1. The van der Waals surface area contributed by atoms with Crippen LogP contribution in [0, 0.1) is 5.92 Å². The van der Waals surface area contributed by atoms with Crippen LogP contribution in [0.3, 0.4) is 0 Å². The number of esters is 1. The smallest absolute Gasteiger partial charge is 0.321 e. The quantitative estimate of drug-likeness (QED) is 0.677. The molecule has 1 aliphatic carbocycles. The van der Waals surface area contributed by atoms with Crippen molar-refractivity contribution in [3.63, 3.8) is 0 Å². The molecule has 1 saturated heterocycles. The normalized spacial score (nSPS) is 20.3. The minimum absolute atomic E-state index is 0.0351. The lowest BCUT2D eigenvalue weighted by Gasteiger charge is -2.23. The number of ether oxygens (including phenoxy) is 1. The van der Waals surface area contributed by atoms with Gasteiger partial charge in [-0.1, -0.05) is 44.4 Å². The minimum atomic E-state index is -1.13. The Kier molecular flexibility index (Phi) is 7.65. The first-order valence-electron chi connectivity index (χ1n) is 11.1. The number of aryl methyl sites for hydroxylation is 1. The van der Waals surface area contributed by atoms with Crippen LogP contribution in [0.2, 0.25) is 0 Å². The van der Waals surface area contributed by atoms with Gasteiger partial charge >= 0.3 is 12.0 Å². The highest BCUT2D eigenvalue weighted by Crippen LogP contribution is 2.29. The van der Waals surface area contributed by atoms with E-state index in [0.29, 0.717) is 0 Å². The van der Waals surface area contributed by atoms with Gasteiger partial charge in [0, 0.05) is 24.7 Å². The summed E-state index contributed by atoms with van der Waals surface area (Å²) >= 11 is 0. The van der Waals surface area contributed by atoms with E-state index in [9.17, 15) is 19.2 Å². The van der Waals surface area contributed by atoms with Gasteiger partial charge in [0.15, 0.2) is 6.10 Å². The number of carbonyl (C=O) groups excluding carboxylic acids is 4. The van der Waals surface area contributed by atoms with Gasteiger partial charge in [-0.2, -0.15) is 0 Å². The molecule has 1 aliphatic heterocycles. The molecule has 4 amide bonds. The Morgan fingerprint density at radius 1 is 1.16 bits per heavy atom. The molecule has 168 valence electrons. The Balaban J connectivity index is 1.50. The maximum absolute atomic E-state index is 12.6. The molecule has 1 saturated carbocycles. The molecule has 0 bridgehead atoms. The predicted octanol–water partition coefficient (Wildman–Crippen LogP) is 2.69. The van der Waals surface area contributed by atoms with E-state index in [4.69, 9.17) is 4.74 Å². The van der Waals surface area contributed by atoms with Crippen molar-refractivity contribution in [1.82, 2.24) is 10.6 Å². The number of anilines is 1. The monoisotopic (exact) mass is 429 g/mol. The molecule has 31 heavy (non-hydrogen) atoms. The average molecular weight is 430 g/mol. The van der Waals surface area contributed by atoms with Crippen LogP contribution in [-0.4, -0.2) is 42.5 Å². The van der Waals surface area contributed by atoms with Gasteiger partial charge in [-0.25, -0.2) is 4.79 Å². The molecule has 0 unspecified atom stereocenters. The second-order valence-corrected chi connectivity index (χ2v) is 8.26. The Morgan fingerprint density at radius 2 is 1.87 bits per heavy atom. The third-order valence-electron chi connectivity index (χ3n) is 5.96. The van der Waals surface area contributed by atoms with E-state index >= 15 is 0 Å². The number of amides is 4. The molecule has 1 aromatic carbocycles. The third-order valence-corrected chi connectivity index (χ3v) is 5.96. The lowest BCUT2D eigenvalue weighted by molar-refractivity contribution is -0.158. The van der Waals surface area contributed by atoms with E-state index in [-0.39, 0.29) is 24.9 Å². The van der Waals surface area contributed by atoms with Gasteiger partial charge in [0.2, 0.25) is 5.91 Å². The molecule has 0 aromatic heterocycles. The van der Waals surface area contributed by atoms with Crippen molar-refractivity contribution >= 4 is 29.5 Å². The highest BCUT2D eigenvalue weighted by Gasteiger charge is 2.38. The Morgan fingerprint density at radius 3 is 2.58 bits per heavy atom. The lowest BCUT2D eigenvalue weighted by Crippen LogP contribution is -2.48. The highest BCUT2D eigenvalue weighted by molar-refractivity contribution is 6.01. The van der Waals surface area contributed by atoms with Crippen LogP contribution in [0.1, 0.15) is 57.9 Å². The van der Waals surface area contributed by atoms with Crippen molar-refractivity contribution in [3.05, 3.63) is 29.8 Å². The lowest BCUT2D eigenvalue weighted by atomic mass is 9.96. The zero-order valence-electron chi connectivity index (χ0n) is 18.2. The highest BCUT2D eigenvalue weighted by atomic mass is 16.5. The number of nitrogens with one attached hydrogen (secondary N) is 2. The fraction of sp³-hybridized carbons (Fsp3) is 0.565. The number of benzene rings is 1. The van der Waals surface area contributed by atoms with E-state index in [1.54, 1.807) is 4.90 Å². The van der Waals surface area contributed by atoms with Crippen LogP contribution in [-0.2, 0) is 25.5 Å². The zero-order chi connectivity index (χ0) is 22.4. The summed E-state index contributed by atoms with van der Waals surface area (Å²) in [5.41, 5.74) is 1.83. The van der Waals surface area contributed by atoms with Crippen molar-refractivity contribution in [3.8, 4) is 0 Å². The molecule has 1 heterocycles. The number of hydrogen-bond acceptors (Lipinski definition) is 5. The minimum Gasteiger partial charge on any atom is -0.452 e. The zero-order valence-corrected chi connectivity index (χ0v) is 18.2. The number of urea groups is 1. The van der Waals surface area contributed by atoms with E-state index in [2.05, 4.69) is 10.6 Å². The van der Waals surface area contributed by atoms with Crippen LogP contribution in [0.15, 0.2) is 24.3 Å². The molecule has 0 radical (unpaired) electrons. The second-order valence-electron chi connectivity index (χ2n) is 8.26. The molecule has 2 atom stereocenters. The maximum Gasteiger partial charge on any atom is 0.321 e. The van der Waals surface area contributed by atoms with Crippen LogP contribution in [0.25, 0.3) is 0 Å². The van der Waals surface area contributed by atoms with Crippen LogP contribution < -0.4 is 15.5 Å². The summed E-state index contributed by atoms with van der Waals surface area (Å²) < 4.78 is 5.27. The molecule has 8 nitrogen and oxygen atoms in total. The largest absolute Gasteiger partial charge is 0.452 e. The van der Waals surface area contributed by atoms with Crippen LogP contribution >= 0.6 is 0 Å². The van der Waals surface area contributed by atoms with E-state index in [1.807, 2.05) is 31.2 Å². The number of imide groups is 1. The van der Waals surface area contributed by atoms with Gasteiger partial charge < -0.3 is 15.0 Å². The maximum atomic E-state index is 12.6. The summed E-state index contributed by atoms with van der Waals surface area (Å²) in [7, 11) is 0. The molecular weight excluding hydrogens is 398 g/mol. The summed E-state index contributed by atoms with van der Waals surface area (Å²) in [6.07, 6.45) is 4.77. The van der Waals surface area contributed by atoms with Crippen LogP contribution in [0.5, 0.6) is 0 Å². The average Bonchev–Trinajstić information content (AvgIpc) is 3.15. The van der Waals surface area contributed by atoms with Crippen LogP contribution in [0.4, 0.5) is 10.5 Å². The number of hydrogen-bond donors (Lipinski definition) is 2. The number of carbonyl (C=O) groups is 4. The number of nitrogens with zero attached hydrogens (tertiary/aromatic N) is 1. The van der Waals surface area contributed by atoms with Crippen molar-refractivity contribution < 1.29 is 23.9 Å². The number of rotatable bonds is 6. The first-order chi connectivity index (χ1) is 14.9. The van der Waals surface area contributed by atoms with Crippen molar-refractivity contribution in [2.45, 2.75) is 70.9 Å². The SMILES string of the molecule is CCc1ccccc1N1C[C@H](C(=O)O[C@@H](C)C(=O)NC(=O)NC2CCCCC2)CC1=O. The first-order valence-corrected chi connectivity index (χ1v) is 11.1. The van der Waals surface area contributed by atoms with Crippen molar-refractivity contribution in [1.29, 1.82) is 0 Å². The van der Waals surface area contributed by atoms with E-state index in [0.717, 1.165) is 49.8 Å². The van der Waals surface area contributed by atoms with Gasteiger partial charge in [0.25, 0.3) is 5.91 Å². The molecule has 8 heteroatoms. The summed E-state index contributed by atoms with van der Waals surface area (Å²) in [5.74, 6) is -2.09. The Bertz CT molecular complexity index is 834. The van der Waals surface area contributed by atoms with Crippen molar-refractivity contribution in [2.75, 3.05) is 11.4 Å². The summed E-state index contributed by atoms with van der Waals surface area (Å²) in [5, 5.41) is 5.03. The van der Waals surface area contributed by atoms with Gasteiger partial charge in [-0.15, -0.1) is 0 Å². The summed E-state index contributed by atoms with van der Waals surface area (Å²) in [6.45, 7) is 3.64. The summed E-state index contributed by atoms with van der Waals surface area (Å²) in [4.78, 5) is 50.9. The van der Waals surface area contributed by atoms with E-state index < -0.39 is 29.9 Å². The molecule has 2 fully saturated rings. The molecule has 0 spiro atoms. The molecular formula is C23H31N3O5. The van der Waals surface area contributed by atoms with Gasteiger partial charge in [0.05, 0.1) is 5.92 Å². The molecule has 2 aliphatic rings. The molecule has 3 rings (SSSR count). The van der Waals surface area contributed by atoms with Crippen molar-refractivity contribution in [2.24, 2.45) is 5.92 Å². The van der Waals surface area contributed by atoms with E-state index in [1.165, 1.54) is 6.92 Å². The third kappa shape index (κ3) is 5.83. The fourth-order valence-corrected chi connectivity index (χ4v) is 4.18. The topological polar surface area (TPSA) is 105 Å². The Hall–Kier alpha value is -2.90. The van der Waals surface area contributed by atoms with Gasteiger partial charge in [-0.05, 0) is 37.8 Å². The summed E-state index contributed by atoms with van der Waals surface area (Å²) in [6, 6.07) is 7.10. The molecule has 1 aromatic rings. The standard InChI is InChI=1S/C23H31N3O5/c1-3-16-9-7-8-12-19(16)26-14-17(13-20(26)27)22(29)31-15(2)21(28)25-23(30)24-18-10-5-4-6-11-18/h7-9,12,15,17-18H,3-6,10-11,13-14H2,1-2H3,(H2,24,25,28,30)/t15-,17+/m0/s1. The second kappa shape index (κ2) is 10.4. The first kappa shape index (κ1) is 22.8. The fourth-order valence-electron chi connectivity index (χ4n) is 4.18. The predicted molar refractivity (Wildman–Crippen MR) is 115 cm³/mol. The van der Waals surface area contributed by atoms with Gasteiger partial charge in [-0.3, -0.25) is 19.7 Å². The molecule has 2 N–H and O–H groups in total.